The largest absolute Gasteiger partial charge is 0.385 e. The lowest BCUT2D eigenvalue weighted by atomic mass is 10.2. The maximum atomic E-state index is 5.84. The van der Waals surface area contributed by atoms with Crippen LogP contribution in [0.1, 0.15) is 19.3 Å². The average Bonchev–Trinajstić information content (AvgIpc) is 2.28. The van der Waals surface area contributed by atoms with Crippen LogP contribution in [0, 0.1) is 0 Å². The van der Waals surface area contributed by atoms with Crippen molar-refractivity contribution in [2.75, 3.05) is 25.6 Å². The number of nitrogens with zero attached hydrogens (tertiary/aromatic N) is 2. The van der Waals surface area contributed by atoms with Crippen LogP contribution in [-0.2, 0) is 4.74 Å². The molecule has 0 aliphatic carbocycles. The Morgan fingerprint density at radius 2 is 2.06 bits per heavy atom. The molecule has 0 aliphatic rings. The fourth-order valence-corrected chi connectivity index (χ4v) is 1.55. The number of unbranched alkanes of at least 4 members (excludes halogenated alkanes) is 2. The van der Waals surface area contributed by atoms with Crippen molar-refractivity contribution in [2.45, 2.75) is 19.3 Å². The molecular formula is C10H15Cl2N3O. The molecule has 1 heterocycles. The maximum absolute atomic E-state index is 5.84. The van der Waals surface area contributed by atoms with Crippen molar-refractivity contribution >= 4 is 28.9 Å². The Morgan fingerprint density at radius 3 is 2.81 bits per heavy atom. The monoisotopic (exact) mass is 263 g/mol. The first-order valence-electron chi connectivity index (χ1n) is 5.15. The van der Waals surface area contributed by atoms with Crippen LogP contribution in [0.4, 0.5) is 5.69 Å². The van der Waals surface area contributed by atoms with Crippen molar-refractivity contribution in [1.82, 2.24) is 10.2 Å². The zero-order valence-electron chi connectivity index (χ0n) is 9.17. The van der Waals surface area contributed by atoms with Crippen molar-refractivity contribution in [3.8, 4) is 0 Å². The van der Waals surface area contributed by atoms with Crippen molar-refractivity contribution in [3.05, 3.63) is 16.4 Å². The fraction of sp³-hybridized carbons (Fsp3) is 0.600. The van der Waals surface area contributed by atoms with Gasteiger partial charge in [-0.15, -0.1) is 10.2 Å². The molecule has 0 amide bonds. The smallest absolute Gasteiger partial charge is 0.174 e. The number of anilines is 1. The molecule has 0 aliphatic heterocycles. The van der Waals surface area contributed by atoms with Crippen LogP contribution in [0.5, 0.6) is 0 Å². The average molecular weight is 264 g/mol. The third kappa shape index (κ3) is 4.96. The van der Waals surface area contributed by atoms with Gasteiger partial charge in [-0.3, -0.25) is 0 Å². The minimum atomic E-state index is 0.339. The van der Waals surface area contributed by atoms with E-state index >= 15 is 0 Å². The molecule has 0 bridgehead atoms. The lowest BCUT2D eigenvalue weighted by Gasteiger charge is -2.07. The summed E-state index contributed by atoms with van der Waals surface area (Å²) in [5.74, 6) is 0. The Balaban J connectivity index is 2.23. The van der Waals surface area contributed by atoms with Gasteiger partial charge in [0.05, 0.1) is 5.69 Å². The second-order valence-corrected chi connectivity index (χ2v) is 4.10. The summed E-state index contributed by atoms with van der Waals surface area (Å²) in [6.45, 7) is 1.65. The van der Waals surface area contributed by atoms with Gasteiger partial charge in [-0.05, 0) is 19.3 Å². The van der Waals surface area contributed by atoms with E-state index in [1.165, 1.54) is 0 Å². The summed E-state index contributed by atoms with van der Waals surface area (Å²) in [5, 5.41) is 11.2. The summed E-state index contributed by atoms with van der Waals surface area (Å²) in [5.41, 5.74) is 0.730. The molecule has 16 heavy (non-hydrogen) atoms. The molecule has 1 aromatic heterocycles. The Kier molecular flexibility index (Phi) is 6.45. The lowest BCUT2D eigenvalue weighted by Crippen LogP contribution is -2.04. The number of nitrogens with one attached hydrogen (secondary N) is 1. The molecule has 0 saturated carbocycles. The lowest BCUT2D eigenvalue weighted by molar-refractivity contribution is 0.192. The van der Waals surface area contributed by atoms with Gasteiger partial charge in [0, 0.05) is 26.3 Å². The van der Waals surface area contributed by atoms with Crippen LogP contribution < -0.4 is 5.32 Å². The molecule has 4 nitrogen and oxygen atoms in total. The van der Waals surface area contributed by atoms with Crippen LogP contribution >= 0.6 is 23.2 Å². The number of halogens is 2. The first-order chi connectivity index (χ1) is 7.74. The van der Waals surface area contributed by atoms with E-state index < -0.39 is 0 Å². The van der Waals surface area contributed by atoms with Gasteiger partial charge in [0.25, 0.3) is 0 Å². The summed E-state index contributed by atoms with van der Waals surface area (Å²) in [6, 6.07) is 1.67. The van der Waals surface area contributed by atoms with Crippen LogP contribution in [0.2, 0.25) is 10.3 Å². The predicted molar refractivity (Wildman–Crippen MR) is 66.3 cm³/mol. The van der Waals surface area contributed by atoms with E-state index in [-0.39, 0.29) is 0 Å². The third-order valence-corrected chi connectivity index (χ3v) is 2.52. The standard InChI is InChI=1S/C10H15Cl2N3O/c1-16-6-4-2-3-5-13-8-7-9(11)14-15-10(8)12/h7H,2-6H2,1H3,(H,13,14). The van der Waals surface area contributed by atoms with E-state index in [9.17, 15) is 0 Å². The fourth-order valence-electron chi connectivity index (χ4n) is 1.25. The second-order valence-electron chi connectivity index (χ2n) is 3.35. The quantitative estimate of drug-likeness (QED) is 0.769. The van der Waals surface area contributed by atoms with Crippen LogP contribution in [0.3, 0.4) is 0 Å². The van der Waals surface area contributed by atoms with Gasteiger partial charge < -0.3 is 10.1 Å². The molecule has 0 unspecified atom stereocenters. The number of aromatic nitrogens is 2. The van der Waals surface area contributed by atoms with Crippen molar-refractivity contribution in [3.63, 3.8) is 0 Å². The van der Waals surface area contributed by atoms with E-state index in [1.54, 1.807) is 13.2 Å². The highest BCUT2D eigenvalue weighted by molar-refractivity contribution is 6.33. The van der Waals surface area contributed by atoms with Gasteiger partial charge >= 0.3 is 0 Å². The summed E-state index contributed by atoms with van der Waals surface area (Å²) in [7, 11) is 1.71. The molecule has 0 saturated heterocycles. The van der Waals surface area contributed by atoms with Gasteiger partial charge in [0.15, 0.2) is 10.3 Å². The molecule has 0 spiro atoms. The Hall–Kier alpha value is -0.580. The highest BCUT2D eigenvalue weighted by Crippen LogP contribution is 2.20. The Labute approximate surface area is 105 Å². The Morgan fingerprint density at radius 1 is 1.25 bits per heavy atom. The molecule has 90 valence electrons. The maximum Gasteiger partial charge on any atom is 0.174 e. The van der Waals surface area contributed by atoms with Gasteiger partial charge in [-0.25, -0.2) is 0 Å². The minimum Gasteiger partial charge on any atom is -0.385 e. The number of methoxy groups -OCH3 is 1. The van der Waals surface area contributed by atoms with E-state index in [4.69, 9.17) is 27.9 Å². The zero-order valence-corrected chi connectivity index (χ0v) is 10.7. The number of rotatable bonds is 7. The molecule has 1 N–H and O–H groups in total. The predicted octanol–water partition coefficient (Wildman–Crippen LogP) is 3.01. The molecule has 0 fully saturated rings. The van der Waals surface area contributed by atoms with Crippen molar-refractivity contribution in [1.29, 1.82) is 0 Å². The van der Waals surface area contributed by atoms with E-state index in [0.29, 0.717) is 10.3 Å². The molecule has 0 aromatic carbocycles. The Bertz CT molecular complexity index is 323. The van der Waals surface area contributed by atoms with E-state index in [0.717, 1.165) is 38.1 Å². The minimum absolute atomic E-state index is 0.339. The zero-order chi connectivity index (χ0) is 11.8. The first-order valence-corrected chi connectivity index (χ1v) is 5.91. The van der Waals surface area contributed by atoms with Crippen molar-refractivity contribution in [2.24, 2.45) is 0 Å². The first kappa shape index (κ1) is 13.5. The number of hydrogen-bond acceptors (Lipinski definition) is 4. The van der Waals surface area contributed by atoms with Crippen molar-refractivity contribution < 1.29 is 4.74 Å². The van der Waals surface area contributed by atoms with E-state index in [2.05, 4.69) is 15.5 Å². The van der Waals surface area contributed by atoms with Gasteiger partial charge in [0.2, 0.25) is 0 Å². The third-order valence-electron chi connectivity index (χ3n) is 2.06. The molecule has 6 heteroatoms. The summed E-state index contributed by atoms with van der Waals surface area (Å²) in [4.78, 5) is 0. The van der Waals surface area contributed by atoms with Gasteiger partial charge in [-0.2, -0.15) is 0 Å². The van der Waals surface area contributed by atoms with Crippen LogP contribution in [0.25, 0.3) is 0 Å². The highest BCUT2D eigenvalue weighted by atomic mass is 35.5. The molecule has 1 rings (SSSR count). The van der Waals surface area contributed by atoms with Crippen LogP contribution in [0.15, 0.2) is 6.07 Å². The number of ether oxygens (including phenoxy) is 1. The van der Waals surface area contributed by atoms with Gasteiger partial charge in [0.1, 0.15) is 0 Å². The molecule has 0 atom stereocenters. The highest BCUT2D eigenvalue weighted by Gasteiger charge is 2.02. The van der Waals surface area contributed by atoms with E-state index in [1.807, 2.05) is 0 Å². The number of hydrogen-bond donors (Lipinski definition) is 1. The van der Waals surface area contributed by atoms with Crippen LogP contribution in [-0.4, -0.2) is 30.5 Å². The molecule has 1 aromatic rings. The SMILES string of the molecule is COCCCCCNc1cc(Cl)nnc1Cl. The summed E-state index contributed by atoms with van der Waals surface area (Å²) in [6.07, 6.45) is 3.24. The molecular weight excluding hydrogens is 249 g/mol. The topological polar surface area (TPSA) is 47.0 Å². The van der Waals surface area contributed by atoms with Gasteiger partial charge in [-0.1, -0.05) is 23.2 Å². The second kappa shape index (κ2) is 7.65. The summed E-state index contributed by atoms with van der Waals surface area (Å²) >= 11 is 11.6. The molecule has 0 radical (unpaired) electrons. The normalized spacial score (nSPS) is 10.4. The summed E-state index contributed by atoms with van der Waals surface area (Å²) < 4.78 is 4.96.